The molecule has 0 spiro atoms. The topological polar surface area (TPSA) is 70.7 Å². The third kappa shape index (κ3) is 2.46. The molecule has 122 valence electrons. The van der Waals surface area contributed by atoms with Gasteiger partial charge in [-0.3, -0.25) is 9.36 Å². The molecule has 0 unspecified atom stereocenters. The maximum absolute atomic E-state index is 13.0. The first-order valence-electron chi connectivity index (χ1n) is 7.90. The summed E-state index contributed by atoms with van der Waals surface area (Å²) >= 11 is 1.41. The van der Waals surface area contributed by atoms with E-state index in [-0.39, 0.29) is 5.56 Å². The minimum atomic E-state index is -0.0762. The average Bonchev–Trinajstić information content (AvgIpc) is 3.03. The number of benzene rings is 1. The van der Waals surface area contributed by atoms with Crippen LogP contribution in [0.1, 0.15) is 12.5 Å². The third-order valence-corrected chi connectivity index (χ3v) is 5.18. The number of aromatic nitrogens is 2. The molecule has 0 aliphatic carbocycles. The van der Waals surface area contributed by atoms with Crippen LogP contribution in [-0.2, 0) is 0 Å². The summed E-state index contributed by atoms with van der Waals surface area (Å²) in [5.74, 6) is 0. The Balaban J connectivity index is 1.97. The van der Waals surface area contributed by atoms with Crippen molar-refractivity contribution in [3.63, 3.8) is 0 Å². The Morgan fingerprint density at radius 3 is 2.76 bits per heavy atom. The van der Waals surface area contributed by atoms with Gasteiger partial charge in [-0.05, 0) is 43.3 Å². The zero-order chi connectivity index (χ0) is 17.4. The summed E-state index contributed by atoms with van der Waals surface area (Å²) in [4.78, 5) is 18.3. The van der Waals surface area contributed by atoms with E-state index in [1.165, 1.54) is 11.3 Å². The molecule has 0 saturated heterocycles. The van der Waals surface area contributed by atoms with E-state index >= 15 is 0 Å². The number of thiophene rings is 1. The highest BCUT2D eigenvalue weighted by molar-refractivity contribution is 7.25. The van der Waals surface area contributed by atoms with Crippen LogP contribution in [0, 0.1) is 11.3 Å². The summed E-state index contributed by atoms with van der Waals surface area (Å²) in [6, 6.07) is 13.0. The van der Waals surface area contributed by atoms with Crippen LogP contribution in [-0.4, -0.2) is 16.1 Å². The molecule has 0 fully saturated rings. The molecule has 4 rings (SSSR count). The maximum Gasteiger partial charge on any atom is 0.273 e. The number of hydrogen-bond acceptors (Lipinski definition) is 5. The summed E-state index contributed by atoms with van der Waals surface area (Å²) in [6.45, 7) is 2.84. The number of nitriles is 1. The van der Waals surface area contributed by atoms with E-state index in [0.29, 0.717) is 10.3 Å². The van der Waals surface area contributed by atoms with E-state index in [4.69, 9.17) is 5.26 Å². The molecule has 0 amide bonds. The van der Waals surface area contributed by atoms with Crippen molar-refractivity contribution in [2.75, 3.05) is 11.9 Å². The van der Waals surface area contributed by atoms with Crippen LogP contribution in [0.4, 0.5) is 5.69 Å². The van der Waals surface area contributed by atoms with Crippen LogP contribution < -0.4 is 10.9 Å². The first-order chi connectivity index (χ1) is 12.2. The summed E-state index contributed by atoms with van der Waals surface area (Å²) in [7, 11) is 0. The van der Waals surface area contributed by atoms with Gasteiger partial charge in [0.25, 0.3) is 5.56 Å². The van der Waals surface area contributed by atoms with Crippen molar-refractivity contribution >= 4 is 37.3 Å². The highest BCUT2D eigenvalue weighted by Crippen LogP contribution is 2.35. The lowest BCUT2D eigenvalue weighted by atomic mass is 10.2. The second kappa shape index (κ2) is 6.04. The van der Waals surface area contributed by atoms with Crippen LogP contribution in [0.15, 0.2) is 53.6 Å². The van der Waals surface area contributed by atoms with Crippen LogP contribution in [0.3, 0.4) is 0 Å². The second-order valence-electron chi connectivity index (χ2n) is 5.56. The molecule has 0 aliphatic rings. The van der Waals surface area contributed by atoms with Crippen LogP contribution in [0.25, 0.3) is 26.0 Å². The van der Waals surface area contributed by atoms with Gasteiger partial charge < -0.3 is 5.32 Å². The van der Waals surface area contributed by atoms with Crippen LogP contribution in [0.5, 0.6) is 0 Å². The first-order valence-corrected chi connectivity index (χ1v) is 8.72. The molecule has 25 heavy (non-hydrogen) atoms. The highest BCUT2D eigenvalue weighted by atomic mass is 32.1. The number of anilines is 1. The zero-order valence-electron chi connectivity index (χ0n) is 13.5. The Hall–Kier alpha value is -3.17. The lowest BCUT2D eigenvalue weighted by Gasteiger charge is -2.07. The third-order valence-electron chi connectivity index (χ3n) is 4.07. The number of hydrogen-bond donors (Lipinski definition) is 1. The van der Waals surface area contributed by atoms with Gasteiger partial charge in [-0.15, -0.1) is 11.3 Å². The molecule has 6 heteroatoms. The van der Waals surface area contributed by atoms with Gasteiger partial charge >= 0.3 is 0 Å². The van der Waals surface area contributed by atoms with Gasteiger partial charge in [0.2, 0.25) is 0 Å². The SMILES string of the molecule is CCNc1ccnc2sc3c(=O)n(-c4ccc(C#N)cc4)ccc3c12. The molecular formula is C19H14N4OS. The molecule has 0 aliphatic heterocycles. The predicted octanol–water partition coefficient (Wildman–Crippen LogP) is 3.90. The largest absolute Gasteiger partial charge is 0.385 e. The van der Waals surface area contributed by atoms with Crippen LogP contribution >= 0.6 is 11.3 Å². The van der Waals surface area contributed by atoms with Gasteiger partial charge in [-0.2, -0.15) is 5.26 Å². The Morgan fingerprint density at radius 1 is 1.24 bits per heavy atom. The molecule has 3 heterocycles. The average molecular weight is 346 g/mol. The molecule has 3 aromatic heterocycles. The molecule has 1 aromatic carbocycles. The molecule has 5 nitrogen and oxygen atoms in total. The molecule has 0 atom stereocenters. The fraction of sp³-hybridized carbons (Fsp3) is 0.105. The Morgan fingerprint density at radius 2 is 2.04 bits per heavy atom. The summed E-state index contributed by atoms with van der Waals surface area (Å²) in [6.07, 6.45) is 3.54. The van der Waals surface area contributed by atoms with Crippen LogP contribution in [0.2, 0.25) is 0 Å². The number of rotatable bonds is 3. The van der Waals surface area contributed by atoms with Gasteiger partial charge in [-0.1, -0.05) is 0 Å². The quantitative estimate of drug-likeness (QED) is 0.611. The summed E-state index contributed by atoms with van der Waals surface area (Å²) < 4.78 is 2.28. The smallest absolute Gasteiger partial charge is 0.273 e. The van der Waals surface area contributed by atoms with Crippen molar-refractivity contribution in [1.29, 1.82) is 5.26 Å². The van der Waals surface area contributed by atoms with Gasteiger partial charge in [0.1, 0.15) is 9.53 Å². The first kappa shape index (κ1) is 15.4. The maximum atomic E-state index is 13.0. The number of pyridine rings is 2. The standard InChI is InChI=1S/C19H14N4OS/c1-2-21-15-7-9-22-18-16(15)14-8-10-23(19(24)17(14)25-18)13-5-3-12(11-20)4-6-13/h3-10H,2H2,1H3,(H,21,22). The summed E-state index contributed by atoms with van der Waals surface area (Å²) in [5.41, 5.74) is 2.23. The fourth-order valence-corrected chi connectivity index (χ4v) is 4.02. The Kier molecular flexibility index (Phi) is 3.71. The lowest BCUT2D eigenvalue weighted by molar-refractivity contribution is 1.01. The van der Waals surface area contributed by atoms with Crippen molar-refractivity contribution in [2.45, 2.75) is 6.92 Å². The minimum absolute atomic E-state index is 0.0762. The normalized spacial score (nSPS) is 10.9. The van der Waals surface area contributed by atoms with E-state index in [0.717, 1.165) is 33.5 Å². The second-order valence-corrected chi connectivity index (χ2v) is 6.56. The van der Waals surface area contributed by atoms with E-state index in [9.17, 15) is 4.79 Å². The fourth-order valence-electron chi connectivity index (χ4n) is 2.93. The minimum Gasteiger partial charge on any atom is -0.385 e. The van der Waals surface area contributed by atoms with Gasteiger partial charge in [0, 0.05) is 41.1 Å². The molecule has 0 saturated carbocycles. The number of fused-ring (bicyclic) bond motifs is 3. The van der Waals surface area contributed by atoms with Crippen molar-refractivity contribution < 1.29 is 0 Å². The molecular weight excluding hydrogens is 332 g/mol. The lowest BCUT2D eigenvalue weighted by Crippen LogP contribution is -2.16. The molecule has 0 radical (unpaired) electrons. The zero-order valence-corrected chi connectivity index (χ0v) is 14.3. The van der Waals surface area contributed by atoms with E-state index in [2.05, 4.69) is 16.4 Å². The van der Waals surface area contributed by atoms with Crippen molar-refractivity contribution in [3.05, 3.63) is 64.7 Å². The van der Waals surface area contributed by atoms with Crippen molar-refractivity contribution in [1.82, 2.24) is 9.55 Å². The summed E-state index contributed by atoms with van der Waals surface area (Å²) in [5, 5.41) is 14.2. The molecule has 0 bridgehead atoms. The van der Waals surface area contributed by atoms with E-state index in [1.807, 2.05) is 19.1 Å². The predicted molar refractivity (Wildman–Crippen MR) is 102 cm³/mol. The molecule has 4 aromatic rings. The number of nitrogens with zero attached hydrogens (tertiary/aromatic N) is 3. The Bertz CT molecular complexity index is 1180. The van der Waals surface area contributed by atoms with Gasteiger partial charge in [-0.25, -0.2) is 4.98 Å². The van der Waals surface area contributed by atoms with Crippen molar-refractivity contribution in [2.24, 2.45) is 0 Å². The number of nitrogens with one attached hydrogen (secondary N) is 1. The van der Waals surface area contributed by atoms with E-state index in [1.54, 1.807) is 41.2 Å². The monoisotopic (exact) mass is 346 g/mol. The molecule has 1 N–H and O–H groups in total. The van der Waals surface area contributed by atoms with Gasteiger partial charge in [0.05, 0.1) is 11.6 Å². The van der Waals surface area contributed by atoms with Crippen molar-refractivity contribution in [3.8, 4) is 11.8 Å². The highest BCUT2D eigenvalue weighted by Gasteiger charge is 2.14. The van der Waals surface area contributed by atoms with Gasteiger partial charge in [0.15, 0.2) is 0 Å². The van der Waals surface area contributed by atoms with E-state index < -0.39 is 0 Å². The Labute approximate surface area is 147 Å².